The summed E-state index contributed by atoms with van der Waals surface area (Å²) in [7, 11) is 0. The quantitative estimate of drug-likeness (QED) is 0.834. The van der Waals surface area contributed by atoms with Crippen molar-refractivity contribution < 1.29 is 28.5 Å². The van der Waals surface area contributed by atoms with Crippen LogP contribution in [0.3, 0.4) is 0 Å². The van der Waals surface area contributed by atoms with Gasteiger partial charge < -0.3 is 19.8 Å². The molecule has 1 saturated heterocycles. The molecule has 1 aliphatic rings. The molecule has 0 aromatic carbocycles. The van der Waals surface area contributed by atoms with Crippen LogP contribution in [0.2, 0.25) is 0 Å². The molecule has 0 bridgehead atoms. The molecule has 7 heteroatoms. The van der Waals surface area contributed by atoms with Crippen LogP contribution in [0.4, 0.5) is 13.6 Å². The molecule has 0 saturated carbocycles. The third-order valence-corrected chi connectivity index (χ3v) is 4.62. The summed E-state index contributed by atoms with van der Waals surface area (Å²) >= 11 is 0. The number of halogens is 2. The Morgan fingerprint density at radius 2 is 1.64 bits per heavy atom. The number of nitrogens with zero attached hydrogens (tertiary/aromatic N) is 1. The normalized spacial score (nSPS) is 28.1. The lowest BCUT2D eigenvalue weighted by Crippen LogP contribution is -2.46. The molecule has 4 atom stereocenters. The molecule has 5 nitrogen and oxygen atoms in total. The molecule has 0 spiro atoms. The average Bonchev–Trinajstić information content (AvgIpc) is 2.80. The molecular weight excluding hydrogens is 296 g/mol. The number of aliphatic hydroxyl groups is 2. The minimum atomic E-state index is -2.15. The molecule has 0 radical (unpaired) electrons. The second-order valence-corrected chi connectivity index (χ2v) is 7.21. The molecule has 0 aromatic rings. The number of carbonyl (C=O) groups is 1. The molecule has 4 unspecified atom stereocenters. The monoisotopic (exact) mass is 323 g/mol. The molecule has 1 aliphatic heterocycles. The van der Waals surface area contributed by atoms with Gasteiger partial charge in [-0.25, -0.2) is 13.6 Å². The number of aliphatic hydroxyl groups excluding tert-OH is 2. The molecule has 2 N–H and O–H groups in total. The Bertz CT molecular complexity index is 381. The summed E-state index contributed by atoms with van der Waals surface area (Å²) in [6.07, 6.45) is -4.58. The molecule has 22 heavy (non-hydrogen) atoms. The fourth-order valence-corrected chi connectivity index (χ4v) is 3.04. The van der Waals surface area contributed by atoms with Gasteiger partial charge in [-0.1, -0.05) is 13.8 Å². The van der Waals surface area contributed by atoms with E-state index in [2.05, 4.69) is 0 Å². The summed E-state index contributed by atoms with van der Waals surface area (Å²) in [5.74, 6) is -1.83. The fraction of sp³-hybridized carbons (Fsp3) is 0.933. The topological polar surface area (TPSA) is 70.0 Å². The van der Waals surface area contributed by atoms with Crippen molar-refractivity contribution in [2.75, 3.05) is 13.1 Å². The van der Waals surface area contributed by atoms with Gasteiger partial charge in [-0.3, -0.25) is 0 Å². The average molecular weight is 323 g/mol. The van der Waals surface area contributed by atoms with Crippen molar-refractivity contribution in [1.29, 1.82) is 0 Å². The molecule has 1 fully saturated rings. The minimum Gasteiger partial charge on any atom is -0.444 e. The van der Waals surface area contributed by atoms with Crippen LogP contribution in [0.25, 0.3) is 0 Å². The fourth-order valence-electron chi connectivity index (χ4n) is 3.04. The molecule has 1 amide bonds. The maximum atomic E-state index is 13.4. The van der Waals surface area contributed by atoms with Crippen LogP contribution in [-0.2, 0) is 4.74 Å². The minimum absolute atomic E-state index is 0.0339. The maximum Gasteiger partial charge on any atom is 0.410 e. The Morgan fingerprint density at radius 1 is 1.18 bits per heavy atom. The summed E-state index contributed by atoms with van der Waals surface area (Å²) in [5, 5.41) is 18.6. The first-order chi connectivity index (χ1) is 9.90. The SMILES string of the molecule is CC(C(O)F)C1(C(C)C(O)F)CCN(C(=O)OC(C)(C)C)C1. The molecule has 1 heterocycles. The highest BCUT2D eigenvalue weighted by atomic mass is 19.1. The summed E-state index contributed by atoms with van der Waals surface area (Å²) in [4.78, 5) is 13.5. The van der Waals surface area contributed by atoms with Gasteiger partial charge in [0.2, 0.25) is 0 Å². The Kier molecular flexibility index (Phi) is 5.78. The van der Waals surface area contributed by atoms with Crippen molar-refractivity contribution in [2.24, 2.45) is 17.3 Å². The summed E-state index contributed by atoms with van der Waals surface area (Å²) in [5.41, 5.74) is -1.71. The van der Waals surface area contributed by atoms with E-state index in [1.807, 2.05) is 0 Å². The lowest BCUT2D eigenvalue weighted by molar-refractivity contribution is -0.121. The van der Waals surface area contributed by atoms with Gasteiger partial charge in [-0.05, 0) is 27.2 Å². The van der Waals surface area contributed by atoms with E-state index < -0.39 is 41.7 Å². The summed E-state index contributed by atoms with van der Waals surface area (Å²) < 4.78 is 32.1. The number of likely N-dealkylation sites (tertiary alicyclic amines) is 1. The Balaban J connectivity index is 2.96. The van der Waals surface area contributed by atoms with Crippen molar-refractivity contribution in [1.82, 2.24) is 4.90 Å². The lowest BCUT2D eigenvalue weighted by Gasteiger charge is -2.41. The highest BCUT2D eigenvalue weighted by molar-refractivity contribution is 5.68. The van der Waals surface area contributed by atoms with Crippen molar-refractivity contribution >= 4 is 6.09 Å². The van der Waals surface area contributed by atoms with E-state index in [0.717, 1.165) is 0 Å². The Hall–Kier alpha value is -0.950. The predicted octanol–water partition coefficient (Wildman–Crippen LogP) is 2.46. The molecule has 130 valence electrons. The second-order valence-electron chi connectivity index (χ2n) is 7.21. The standard InChI is InChI=1S/C15H27F2NO4/c1-9(11(16)19)15(10(2)12(17)20)6-7-18(8-15)13(21)22-14(3,4)5/h9-12,19-20H,6-8H2,1-5H3. The van der Waals surface area contributed by atoms with Gasteiger partial charge in [-0.15, -0.1) is 0 Å². The molecule has 1 rings (SSSR count). The Labute approximate surface area is 130 Å². The second kappa shape index (κ2) is 6.66. The van der Waals surface area contributed by atoms with Gasteiger partial charge in [-0.2, -0.15) is 0 Å². The van der Waals surface area contributed by atoms with E-state index >= 15 is 0 Å². The van der Waals surface area contributed by atoms with Gasteiger partial charge in [0.05, 0.1) is 0 Å². The summed E-state index contributed by atoms with van der Waals surface area (Å²) in [6.45, 7) is 8.42. The largest absolute Gasteiger partial charge is 0.444 e. The van der Waals surface area contributed by atoms with E-state index in [0.29, 0.717) is 0 Å². The predicted molar refractivity (Wildman–Crippen MR) is 77.4 cm³/mol. The molecule has 0 aliphatic carbocycles. The zero-order valence-corrected chi connectivity index (χ0v) is 13.8. The smallest absolute Gasteiger partial charge is 0.410 e. The zero-order chi connectivity index (χ0) is 17.3. The van der Waals surface area contributed by atoms with Gasteiger partial charge in [0, 0.05) is 30.3 Å². The molecular formula is C15H27F2NO4. The highest BCUT2D eigenvalue weighted by Gasteiger charge is 2.52. The van der Waals surface area contributed by atoms with Crippen LogP contribution in [0.5, 0.6) is 0 Å². The number of hydrogen-bond acceptors (Lipinski definition) is 4. The van der Waals surface area contributed by atoms with Gasteiger partial charge >= 0.3 is 6.09 Å². The number of rotatable bonds is 4. The third-order valence-electron chi connectivity index (χ3n) is 4.62. The number of ether oxygens (including phenoxy) is 1. The van der Waals surface area contributed by atoms with Crippen molar-refractivity contribution in [3.63, 3.8) is 0 Å². The van der Waals surface area contributed by atoms with Crippen LogP contribution < -0.4 is 0 Å². The number of carbonyl (C=O) groups excluding carboxylic acids is 1. The number of amides is 1. The van der Waals surface area contributed by atoms with E-state index in [9.17, 15) is 23.8 Å². The highest BCUT2D eigenvalue weighted by Crippen LogP contribution is 2.47. The van der Waals surface area contributed by atoms with E-state index in [1.165, 1.54) is 18.7 Å². The summed E-state index contributed by atoms with van der Waals surface area (Å²) in [6, 6.07) is 0. The van der Waals surface area contributed by atoms with E-state index in [4.69, 9.17) is 4.74 Å². The molecule has 0 aromatic heterocycles. The van der Waals surface area contributed by atoms with Gasteiger partial charge in [0.15, 0.2) is 12.7 Å². The first-order valence-corrected chi connectivity index (χ1v) is 7.53. The van der Waals surface area contributed by atoms with Gasteiger partial charge in [0.25, 0.3) is 0 Å². The Morgan fingerprint density at radius 3 is 2.00 bits per heavy atom. The van der Waals surface area contributed by atoms with Crippen molar-refractivity contribution in [3.8, 4) is 0 Å². The van der Waals surface area contributed by atoms with Crippen LogP contribution in [-0.4, -0.2) is 52.6 Å². The van der Waals surface area contributed by atoms with Crippen LogP contribution in [0, 0.1) is 17.3 Å². The van der Waals surface area contributed by atoms with Crippen LogP contribution in [0.1, 0.15) is 41.0 Å². The number of hydrogen-bond donors (Lipinski definition) is 2. The first-order valence-electron chi connectivity index (χ1n) is 7.53. The van der Waals surface area contributed by atoms with Gasteiger partial charge in [0.1, 0.15) is 5.60 Å². The van der Waals surface area contributed by atoms with E-state index in [-0.39, 0.29) is 19.5 Å². The number of alkyl halides is 2. The van der Waals surface area contributed by atoms with Crippen molar-refractivity contribution in [3.05, 3.63) is 0 Å². The van der Waals surface area contributed by atoms with E-state index in [1.54, 1.807) is 20.8 Å². The third kappa shape index (κ3) is 4.07. The van der Waals surface area contributed by atoms with Crippen molar-refractivity contribution in [2.45, 2.75) is 59.4 Å². The van der Waals surface area contributed by atoms with Crippen LogP contribution >= 0.6 is 0 Å². The first kappa shape index (κ1) is 19.1. The maximum absolute atomic E-state index is 13.4. The zero-order valence-electron chi connectivity index (χ0n) is 13.8. The lowest BCUT2D eigenvalue weighted by atomic mass is 9.66. The van der Waals surface area contributed by atoms with Crippen LogP contribution in [0.15, 0.2) is 0 Å².